The number of hydrogen-bond acceptors (Lipinski definition) is 5. The van der Waals surface area contributed by atoms with Gasteiger partial charge in [-0.25, -0.2) is 18.4 Å². The molecule has 7 nitrogen and oxygen atoms in total. The van der Waals surface area contributed by atoms with Crippen LogP contribution in [0.25, 0.3) is 0 Å². The number of benzene rings is 1. The summed E-state index contributed by atoms with van der Waals surface area (Å²) >= 11 is 0. The summed E-state index contributed by atoms with van der Waals surface area (Å²) < 4.78 is 28.6. The lowest BCUT2D eigenvalue weighted by molar-refractivity contribution is 0.0168. The number of rotatable bonds is 5. The van der Waals surface area contributed by atoms with Gasteiger partial charge >= 0.3 is 6.09 Å². The van der Waals surface area contributed by atoms with Gasteiger partial charge in [-0.15, -0.1) is 0 Å². The van der Waals surface area contributed by atoms with Crippen molar-refractivity contribution >= 4 is 16.1 Å². The molecule has 28 heavy (non-hydrogen) atoms. The van der Waals surface area contributed by atoms with Gasteiger partial charge < -0.3 is 9.64 Å². The standard InChI is InChI=1S/C20H33N3O4S/c1-15(17-7-6-8-18(13-17)28(21,25)26)22(5)14-16-9-11-23(12-10-16)19(24)27-20(2,3)4/h6-8,13,15-16H,9-12,14H2,1-5H3,(H2,21,25,26)/t15-/m1/s1. The summed E-state index contributed by atoms with van der Waals surface area (Å²) in [5.41, 5.74) is 0.440. The molecule has 2 rings (SSSR count). The van der Waals surface area contributed by atoms with Gasteiger partial charge in [0.25, 0.3) is 0 Å². The van der Waals surface area contributed by atoms with Gasteiger partial charge in [0, 0.05) is 25.7 Å². The Morgan fingerprint density at radius 2 is 1.93 bits per heavy atom. The van der Waals surface area contributed by atoms with E-state index in [0.29, 0.717) is 19.0 Å². The van der Waals surface area contributed by atoms with Gasteiger partial charge in [0.1, 0.15) is 5.60 Å². The molecule has 0 saturated carbocycles. The first-order valence-electron chi connectivity index (χ1n) is 9.68. The molecule has 1 aliphatic rings. The van der Waals surface area contributed by atoms with Gasteiger partial charge in [0.2, 0.25) is 10.0 Å². The summed E-state index contributed by atoms with van der Waals surface area (Å²) in [6.45, 7) is 9.95. The molecule has 0 bridgehead atoms. The number of piperidine rings is 1. The third-order valence-corrected chi connectivity index (χ3v) is 6.05. The van der Waals surface area contributed by atoms with Crippen molar-refractivity contribution < 1.29 is 17.9 Å². The van der Waals surface area contributed by atoms with Crippen molar-refractivity contribution in [1.29, 1.82) is 0 Å². The van der Waals surface area contributed by atoms with E-state index in [1.165, 1.54) is 6.07 Å². The first-order chi connectivity index (χ1) is 12.9. The Hall–Kier alpha value is -1.64. The van der Waals surface area contributed by atoms with Crippen LogP contribution in [0.5, 0.6) is 0 Å². The van der Waals surface area contributed by atoms with Crippen LogP contribution in [-0.2, 0) is 14.8 Å². The summed E-state index contributed by atoms with van der Waals surface area (Å²) in [6, 6.07) is 6.85. The van der Waals surface area contributed by atoms with Crippen molar-refractivity contribution in [3.63, 3.8) is 0 Å². The normalized spacial score (nSPS) is 17.6. The molecule has 1 aliphatic heterocycles. The van der Waals surface area contributed by atoms with Crippen LogP contribution in [0.3, 0.4) is 0 Å². The minimum absolute atomic E-state index is 0.0607. The second-order valence-electron chi connectivity index (χ2n) is 8.64. The van der Waals surface area contributed by atoms with Crippen LogP contribution >= 0.6 is 0 Å². The fraction of sp³-hybridized carbons (Fsp3) is 0.650. The van der Waals surface area contributed by atoms with Gasteiger partial charge in [-0.1, -0.05) is 12.1 Å². The number of carbonyl (C=O) groups is 1. The first-order valence-corrected chi connectivity index (χ1v) is 11.2. The zero-order valence-electron chi connectivity index (χ0n) is 17.5. The summed E-state index contributed by atoms with van der Waals surface area (Å²) in [6.07, 6.45) is 1.61. The van der Waals surface area contributed by atoms with E-state index in [1.54, 1.807) is 17.0 Å². The number of nitrogens with zero attached hydrogens (tertiary/aromatic N) is 2. The van der Waals surface area contributed by atoms with Crippen molar-refractivity contribution in [3.05, 3.63) is 29.8 Å². The van der Waals surface area contributed by atoms with Crippen molar-refractivity contribution in [3.8, 4) is 0 Å². The smallest absolute Gasteiger partial charge is 0.410 e. The summed E-state index contributed by atoms with van der Waals surface area (Å²) in [4.78, 5) is 16.3. The summed E-state index contributed by atoms with van der Waals surface area (Å²) in [5.74, 6) is 0.479. The largest absolute Gasteiger partial charge is 0.444 e. The molecule has 1 heterocycles. The lowest BCUT2D eigenvalue weighted by Gasteiger charge is -2.36. The van der Waals surface area contributed by atoms with Crippen LogP contribution in [0.2, 0.25) is 0 Å². The fourth-order valence-corrected chi connectivity index (χ4v) is 3.96. The molecule has 1 fully saturated rings. The molecule has 1 saturated heterocycles. The molecular weight excluding hydrogens is 378 g/mol. The number of ether oxygens (including phenoxy) is 1. The second-order valence-corrected chi connectivity index (χ2v) is 10.2. The molecule has 0 unspecified atom stereocenters. The number of carbonyl (C=O) groups excluding carboxylic acids is 1. The predicted molar refractivity (Wildman–Crippen MR) is 109 cm³/mol. The fourth-order valence-electron chi connectivity index (χ4n) is 3.40. The Morgan fingerprint density at radius 1 is 1.32 bits per heavy atom. The molecule has 1 amide bonds. The van der Waals surface area contributed by atoms with Gasteiger partial charge in [-0.2, -0.15) is 0 Å². The van der Waals surface area contributed by atoms with E-state index in [2.05, 4.69) is 11.8 Å². The number of sulfonamides is 1. The van der Waals surface area contributed by atoms with Gasteiger partial charge in [0.15, 0.2) is 0 Å². The topological polar surface area (TPSA) is 92.9 Å². The lowest BCUT2D eigenvalue weighted by atomic mass is 9.95. The highest BCUT2D eigenvalue weighted by Gasteiger charge is 2.28. The Balaban J connectivity index is 1.90. The zero-order chi connectivity index (χ0) is 21.1. The molecule has 158 valence electrons. The maximum atomic E-state index is 12.2. The molecule has 1 aromatic rings. The molecule has 1 atom stereocenters. The third kappa shape index (κ3) is 6.46. The van der Waals surface area contributed by atoms with E-state index in [4.69, 9.17) is 9.88 Å². The average Bonchev–Trinajstić information content (AvgIpc) is 2.59. The van der Waals surface area contributed by atoms with E-state index >= 15 is 0 Å². The number of primary sulfonamides is 1. The van der Waals surface area contributed by atoms with Crippen LogP contribution in [0.1, 0.15) is 52.1 Å². The van der Waals surface area contributed by atoms with E-state index in [0.717, 1.165) is 24.9 Å². The molecule has 0 aliphatic carbocycles. The number of likely N-dealkylation sites (tertiary alicyclic amines) is 1. The van der Waals surface area contributed by atoms with Crippen LogP contribution in [-0.4, -0.2) is 56.6 Å². The molecule has 0 radical (unpaired) electrons. The minimum Gasteiger partial charge on any atom is -0.444 e. The van der Waals surface area contributed by atoms with Gasteiger partial charge in [-0.05, 0) is 71.2 Å². The number of amides is 1. The highest BCUT2D eigenvalue weighted by atomic mass is 32.2. The average molecular weight is 412 g/mol. The van der Waals surface area contributed by atoms with E-state index < -0.39 is 15.6 Å². The SMILES string of the molecule is C[C@H](c1cccc(S(N)(=O)=O)c1)N(C)CC1CCN(C(=O)OC(C)(C)C)CC1. The third-order valence-electron chi connectivity index (χ3n) is 5.14. The van der Waals surface area contributed by atoms with E-state index in [-0.39, 0.29) is 17.0 Å². The van der Waals surface area contributed by atoms with Crippen molar-refractivity contribution in [1.82, 2.24) is 9.80 Å². The van der Waals surface area contributed by atoms with Crippen LogP contribution < -0.4 is 5.14 Å². The predicted octanol–water partition coefficient (Wildman–Crippen LogP) is 2.97. The van der Waals surface area contributed by atoms with Crippen LogP contribution in [0.4, 0.5) is 4.79 Å². The van der Waals surface area contributed by atoms with Gasteiger partial charge in [0.05, 0.1) is 4.90 Å². The molecular formula is C20H33N3O4S. The van der Waals surface area contributed by atoms with Crippen molar-refractivity contribution in [2.45, 2.75) is 57.1 Å². The monoisotopic (exact) mass is 411 g/mol. The first kappa shape index (κ1) is 22.6. The Kier molecular flexibility index (Phi) is 7.12. The second kappa shape index (κ2) is 8.80. The number of nitrogens with two attached hydrogens (primary N) is 1. The minimum atomic E-state index is -3.71. The van der Waals surface area contributed by atoms with E-state index in [9.17, 15) is 13.2 Å². The Bertz CT molecular complexity index is 781. The highest BCUT2D eigenvalue weighted by molar-refractivity contribution is 7.89. The summed E-state index contributed by atoms with van der Waals surface area (Å²) in [7, 11) is -1.67. The molecule has 2 N–H and O–H groups in total. The Labute approximate surface area is 168 Å². The molecule has 8 heteroatoms. The van der Waals surface area contributed by atoms with Crippen LogP contribution in [0.15, 0.2) is 29.2 Å². The zero-order valence-corrected chi connectivity index (χ0v) is 18.3. The molecule has 0 aromatic heterocycles. The lowest BCUT2D eigenvalue weighted by Crippen LogP contribution is -2.43. The van der Waals surface area contributed by atoms with E-state index in [1.807, 2.05) is 33.9 Å². The maximum Gasteiger partial charge on any atom is 0.410 e. The van der Waals surface area contributed by atoms with Crippen LogP contribution in [0, 0.1) is 5.92 Å². The molecule has 0 spiro atoms. The maximum absolute atomic E-state index is 12.2. The van der Waals surface area contributed by atoms with Crippen molar-refractivity contribution in [2.75, 3.05) is 26.7 Å². The Morgan fingerprint density at radius 3 is 2.46 bits per heavy atom. The quantitative estimate of drug-likeness (QED) is 0.804. The van der Waals surface area contributed by atoms with Crippen molar-refractivity contribution in [2.24, 2.45) is 11.1 Å². The highest BCUT2D eigenvalue weighted by Crippen LogP contribution is 2.26. The number of hydrogen-bond donors (Lipinski definition) is 1. The molecule has 1 aromatic carbocycles. The van der Waals surface area contributed by atoms with Gasteiger partial charge in [-0.3, -0.25) is 4.90 Å². The summed E-state index contributed by atoms with van der Waals surface area (Å²) in [5, 5.41) is 5.24.